The van der Waals surface area contributed by atoms with E-state index in [1.807, 2.05) is 0 Å². The smallest absolute Gasteiger partial charge is 0.271 e. The fourth-order valence-corrected chi connectivity index (χ4v) is 3.90. The molecule has 3 aromatic rings. The zero-order valence-electron chi connectivity index (χ0n) is 15.1. The molecule has 2 N–H and O–H groups in total. The quantitative estimate of drug-likeness (QED) is 0.373. The lowest BCUT2D eigenvalue weighted by atomic mass is 10.2. The summed E-state index contributed by atoms with van der Waals surface area (Å²) in [6.07, 6.45) is 1.38. The number of hydrogen-bond acceptors (Lipinski definition) is 4. The van der Waals surface area contributed by atoms with Crippen LogP contribution in [0.1, 0.15) is 15.9 Å². The number of benzene rings is 3. The van der Waals surface area contributed by atoms with Gasteiger partial charge in [-0.3, -0.25) is 9.52 Å². The molecule has 0 aromatic heterocycles. The molecule has 0 unspecified atom stereocenters. The molecule has 0 radical (unpaired) electrons. The van der Waals surface area contributed by atoms with E-state index < -0.39 is 15.9 Å². The van der Waals surface area contributed by atoms with E-state index in [0.29, 0.717) is 31.9 Å². The minimum atomic E-state index is -3.77. The lowest BCUT2D eigenvalue weighted by Crippen LogP contribution is -2.18. The molecule has 0 aliphatic carbocycles. The second kappa shape index (κ2) is 9.49. The number of hydrazone groups is 1. The van der Waals surface area contributed by atoms with Crippen LogP contribution in [0.15, 0.2) is 76.7 Å². The van der Waals surface area contributed by atoms with E-state index in [2.05, 4.69) is 15.2 Å². The van der Waals surface area contributed by atoms with Gasteiger partial charge in [0.25, 0.3) is 15.9 Å². The van der Waals surface area contributed by atoms with Gasteiger partial charge in [0, 0.05) is 21.8 Å². The van der Waals surface area contributed by atoms with Crippen LogP contribution >= 0.6 is 34.8 Å². The van der Waals surface area contributed by atoms with Gasteiger partial charge in [0.2, 0.25) is 0 Å². The molecule has 0 aliphatic heterocycles. The SMILES string of the molecule is O=C(N/N=C\c1cccc(Cl)c1Cl)c1ccc(NS(=O)(=O)c2ccc(Cl)cc2)cc1. The predicted octanol–water partition coefficient (Wildman–Crippen LogP) is 5.21. The van der Waals surface area contributed by atoms with Crippen LogP contribution < -0.4 is 10.1 Å². The molecule has 0 bridgehead atoms. The second-order valence-electron chi connectivity index (χ2n) is 5.98. The first-order valence-electron chi connectivity index (χ1n) is 8.42. The standard InChI is InChI=1S/C20H14Cl3N3O3S/c21-15-6-10-17(11-7-15)30(28,29)26-16-8-4-13(5-9-16)20(27)25-24-12-14-2-1-3-18(22)19(14)23/h1-12,26H,(H,25,27)/b24-12-. The molecule has 0 saturated carbocycles. The summed E-state index contributed by atoms with van der Waals surface area (Å²) in [6.45, 7) is 0. The molecule has 0 fully saturated rings. The van der Waals surface area contributed by atoms with Gasteiger partial charge in [-0.15, -0.1) is 0 Å². The van der Waals surface area contributed by atoms with Crippen molar-refractivity contribution in [2.75, 3.05) is 4.72 Å². The third-order valence-electron chi connectivity index (χ3n) is 3.87. The van der Waals surface area contributed by atoms with E-state index in [0.717, 1.165) is 0 Å². The number of hydrogen-bond donors (Lipinski definition) is 2. The number of nitrogens with one attached hydrogen (secondary N) is 2. The Morgan fingerprint density at radius 2 is 1.57 bits per heavy atom. The summed E-state index contributed by atoms with van der Waals surface area (Å²) in [5, 5.41) is 5.00. The molecule has 6 nitrogen and oxygen atoms in total. The van der Waals surface area contributed by atoms with Gasteiger partial charge < -0.3 is 0 Å². The van der Waals surface area contributed by atoms with Crippen LogP contribution in [-0.2, 0) is 10.0 Å². The van der Waals surface area contributed by atoms with Crippen LogP contribution in [0.4, 0.5) is 5.69 Å². The van der Waals surface area contributed by atoms with Crippen molar-refractivity contribution in [2.45, 2.75) is 4.90 Å². The topological polar surface area (TPSA) is 87.6 Å². The zero-order valence-corrected chi connectivity index (χ0v) is 18.2. The van der Waals surface area contributed by atoms with Gasteiger partial charge in [0.05, 0.1) is 21.2 Å². The molecule has 3 rings (SSSR count). The second-order valence-corrected chi connectivity index (χ2v) is 8.88. The molecule has 0 heterocycles. The Balaban J connectivity index is 1.65. The molecule has 10 heteroatoms. The Morgan fingerprint density at radius 3 is 2.23 bits per heavy atom. The summed E-state index contributed by atoms with van der Waals surface area (Å²) in [5.41, 5.74) is 3.51. The van der Waals surface area contributed by atoms with E-state index in [1.165, 1.54) is 54.7 Å². The normalized spacial score (nSPS) is 11.4. The zero-order chi connectivity index (χ0) is 21.7. The molecule has 0 aliphatic rings. The highest BCUT2D eigenvalue weighted by Gasteiger charge is 2.14. The van der Waals surface area contributed by atoms with Crippen LogP contribution in [-0.4, -0.2) is 20.5 Å². The van der Waals surface area contributed by atoms with E-state index in [1.54, 1.807) is 18.2 Å². The Kier molecular flexibility index (Phi) is 6.99. The molecule has 30 heavy (non-hydrogen) atoms. The van der Waals surface area contributed by atoms with Gasteiger partial charge in [-0.25, -0.2) is 13.8 Å². The number of nitrogens with zero attached hydrogens (tertiary/aromatic N) is 1. The van der Waals surface area contributed by atoms with Crippen LogP contribution in [0.2, 0.25) is 15.1 Å². The van der Waals surface area contributed by atoms with Crippen LogP contribution in [0.5, 0.6) is 0 Å². The summed E-state index contributed by atoms with van der Waals surface area (Å²) in [4.78, 5) is 12.3. The number of carbonyl (C=O) groups is 1. The molecule has 3 aromatic carbocycles. The lowest BCUT2D eigenvalue weighted by molar-refractivity contribution is 0.0955. The molecular formula is C20H14Cl3N3O3S. The number of sulfonamides is 1. The largest absolute Gasteiger partial charge is 0.280 e. The molecule has 154 valence electrons. The molecule has 1 amide bonds. The molecule has 0 atom stereocenters. The van der Waals surface area contributed by atoms with Gasteiger partial charge in [0.15, 0.2) is 0 Å². The van der Waals surface area contributed by atoms with Crippen molar-refractivity contribution in [1.29, 1.82) is 0 Å². The van der Waals surface area contributed by atoms with Crippen molar-refractivity contribution in [1.82, 2.24) is 5.43 Å². The van der Waals surface area contributed by atoms with Gasteiger partial charge in [-0.1, -0.05) is 46.9 Å². The van der Waals surface area contributed by atoms with Gasteiger partial charge in [0.1, 0.15) is 0 Å². The highest BCUT2D eigenvalue weighted by Crippen LogP contribution is 2.24. The summed E-state index contributed by atoms with van der Waals surface area (Å²) in [6, 6.07) is 16.7. The van der Waals surface area contributed by atoms with Crippen LogP contribution in [0, 0.1) is 0 Å². The first kappa shape index (κ1) is 22.1. The Labute approximate surface area is 188 Å². The molecule has 0 spiro atoms. The molecule has 0 saturated heterocycles. The third-order valence-corrected chi connectivity index (χ3v) is 6.36. The van der Waals surface area contributed by atoms with Gasteiger partial charge in [-0.05, 0) is 54.6 Å². The highest BCUT2D eigenvalue weighted by molar-refractivity contribution is 7.92. The van der Waals surface area contributed by atoms with Gasteiger partial charge >= 0.3 is 0 Å². The molecular weight excluding hydrogens is 469 g/mol. The highest BCUT2D eigenvalue weighted by atomic mass is 35.5. The van der Waals surface area contributed by atoms with Crippen LogP contribution in [0.3, 0.4) is 0 Å². The first-order chi connectivity index (χ1) is 14.3. The Morgan fingerprint density at radius 1 is 0.900 bits per heavy atom. The Hall–Kier alpha value is -2.58. The van der Waals surface area contributed by atoms with Crippen molar-refractivity contribution in [2.24, 2.45) is 5.10 Å². The van der Waals surface area contributed by atoms with Crippen LogP contribution in [0.25, 0.3) is 0 Å². The van der Waals surface area contributed by atoms with E-state index in [-0.39, 0.29) is 4.90 Å². The lowest BCUT2D eigenvalue weighted by Gasteiger charge is -2.09. The summed E-state index contributed by atoms with van der Waals surface area (Å²) in [5.74, 6) is -0.475. The monoisotopic (exact) mass is 481 g/mol. The number of anilines is 1. The van der Waals surface area contributed by atoms with Crippen molar-refractivity contribution < 1.29 is 13.2 Å². The number of carbonyl (C=O) groups excluding carboxylic acids is 1. The minimum Gasteiger partial charge on any atom is -0.280 e. The van der Waals surface area contributed by atoms with Crippen molar-refractivity contribution in [3.8, 4) is 0 Å². The number of rotatable bonds is 6. The van der Waals surface area contributed by atoms with E-state index >= 15 is 0 Å². The Bertz CT molecular complexity index is 1200. The summed E-state index contributed by atoms with van der Waals surface area (Å²) >= 11 is 17.8. The third kappa shape index (κ3) is 5.52. The summed E-state index contributed by atoms with van der Waals surface area (Å²) in [7, 11) is -3.77. The minimum absolute atomic E-state index is 0.0720. The number of amides is 1. The maximum atomic E-state index is 12.4. The van der Waals surface area contributed by atoms with E-state index in [9.17, 15) is 13.2 Å². The average Bonchev–Trinajstić information content (AvgIpc) is 2.71. The fraction of sp³-hybridized carbons (Fsp3) is 0. The predicted molar refractivity (Wildman–Crippen MR) is 120 cm³/mol. The van der Waals surface area contributed by atoms with Crippen molar-refractivity contribution in [3.05, 3.63) is 92.9 Å². The fourth-order valence-electron chi connectivity index (χ4n) is 2.36. The maximum absolute atomic E-state index is 12.4. The van der Waals surface area contributed by atoms with Crippen molar-refractivity contribution in [3.63, 3.8) is 0 Å². The average molecular weight is 483 g/mol. The number of halogens is 3. The summed E-state index contributed by atoms with van der Waals surface area (Å²) < 4.78 is 27.2. The first-order valence-corrected chi connectivity index (χ1v) is 11.0. The van der Waals surface area contributed by atoms with Gasteiger partial charge in [-0.2, -0.15) is 5.10 Å². The maximum Gasteiger partial charge on any atom is 0.271 e. The van der Waals surface area contributed by atoms with Crippen molar-refractivity contribution >= 4 is 62.6 Å². The van der Waals surface area contributed by atoms with E-state index in [4.69, 9.17) is 34.8 Å².